The highest BCUT2D eigenvalue weighted by Crippen LogP contribution is 2.20. The lowest BCUT2D eigenvalue weighted by atomic mass is 10.0. The van der Waals surface area contributed by atoms with E-state index in [2.05, 4.69) is 5.32 Å². The van der Waals surface area contributed by atoms with Gasteiger partial charge in [0.1, 0.15) is 5.75 Å². The molecule has 4 nitrogen and oxygen atoms in total. The molecule has 0 bridgehead atoms. The first-order valence-corrected chi connectivity index (χ1v) is 5.91. The maximum Gasteiger partial charge on any atom is 0.224 e. The van der Waals surface area contributed by atoms with Gasteiger partial charge >= 0.3 is 0 Å². The number of ether oxygens (including phenoxy) is 1. The van der Waals surface area contributed by atoms with Gasteiger partial charge in [-0.1, -0.05) is 0 Å². The molecular weight excluding hydrogens is 230 g/mol. The molecule has 18 heavy (non-hydrogen) atoms. The number of amides is 1. The Balaban J connectivity index is 2.94. The zero-order valence-corrected chi connectivity index (χ0v) is 11.2. The van der Waals surface area contributed by atoms with Crippen LogP contribution < -0.4 is 10.1 Å². The molecule has 4 heteroatoms. The van der Waals surface area contributed by atoms with Crippen LogP contribution in [0.4, 0.5) is 0 Å². The van der Waals surface area contributed by atoms with Crippen molar-refractivity contribution in [2.24, 2.45) is 0 Å². The Morgan fingerprint density at radius 3 is 2.50 bits per heavy atom. The molecule has 0 unspecified atom stereocenters. The van der Waals surface area contributed by atoms with Crippen LogP contribution in [0.15, 0.2) is 18.2 Å². The van der Waals surface area contributed by atoms with Crippen molar-refractivity contribution in [2.75, 3.05) is 7.11 Å². The van der Waals surface area contributed by atoms with Crippen molar-refractivity contribution in [3.05, 3.63) is 29.3 Å². The van der Waals surface area contributed by atoms with Gasteiger partial charge in [-0.3, -0.25) is 9.59 Å². The average molecular weight is 249 g/mol. The van der Waals surface area contributed by atoms with Gasteiger partial charge in [-0.2, -0.15) is 0 Å². The number of methoxy groups -OCH3 is 1. The first kappa shape index (κ1) is 14.2. The molecule has 0 fully saturated rings. The van der Waals surface area contributed by atoms with Crippen LogP contribution in [0.1, 0.15) is 36.7 Å². The van der Waals surface area contributed by atoms with Gasteiger partial charge < -0.3 is 10.1 Å². The van der Waals surface area contributed by atoms with E-state index in [1.165, 1.54) is 6.92 Å². The normalized spacial score (nSPS) is 10.3. The quantitative estimate of drug-likeness (QED) is 0.812. The molecule has 0 aliphatic rings. The summed E-state index contributed by atoms with van der Waals surface area (Å²) in [6, 6.07) is 5.22. The van der Waals surface area contributed by atoms with Crippen LogP contribution in [0, 0.1) is 0 Å². The number of Topliss-reactive ketones (excluding diaryl/α,β-unsaturated/α-hetero) is 1. The van der Waals surface area contributed by atoms with Crippen molar-refractivity contribution in [1.82, 2.24) is 5.32 Å². The van der Waals surface area contributed by atoms with E-state index in [0.717, 1.165) is 5.56 Å². The van der Waals surface area contributed by atoms with E-state index in [-0.39, 0.29) is 24.2 Å². The second-order valence-electron chi connectivity index (χ2n) is 4.48. The summed E-state index contributed by atoms with van der Waals surface area (Å²) in [4.78, 5) is 23.0. The third-order valence-corrected chi connectivity index (χ3v) is 2.49. The third kappa shape index (κ3) is 3.87. The number of benzene rings is 1. The minimum atomic E-state index is -0.0796. The van der Waals surface area contributed by atoms with Crippen LogP contribution in [0.25, 0.3) is 0 Å². The predicted molar refractivity (Wildman–Crippen MR) is 70.0 cm³/mol. The van der Waals surface area contributed by atoms with E-state index in [1.54, 1.807) is 25.3 Å². The number of ketones is 1. The summed E-state index contributed by atoms with van der Waals surface area (Å²) in [7, 11) is 1.55. The molecule has 0 radical (unpaired) electrons. The average Bonchev–Trinajstić information content (AvgIpc) is 2.27. The van der Waals surface area contributed by atoms with Crippen molar-refractivity contribution < 1.29 is 14.3 Å². The smallest absolute Gasteiger partial charge is 0.224 e. The van der Waals surface area contributed by atoms with Gasteiger partial charge in [0.15, 0.2) is 5.78 Å². The van der Waals surface area contributed by atoms with Crippen LogP contribution in [0.5, 0.6) is 5.75 Å². The Morgan fingerprint density at radius 2 is 2.00 bits per heavy atom. The lowest BCUT2D eigenvalue weighted by molar-refractivity contribution is -0.120. The Bertz CT molecular complexity index is 452. The summed E-state index contributed by atoms with van der Waals surface area (Å²) in [6.07, 6.45) is 0.211. The number of hydrogen-bond acceptors (Lipinski definition) is 3. The molecule has 0 spiro atoms. The fourth-order valence-corrected chi connectivity index (χ4v) is 1.68. The van der Waals surface area contributed by atoms with Crippen molar-refractivity contribution in [1.29, 1.82) is 0 Å². The van der Waals surface area contributed by atoms with Gasteiger partial charge in [-0.05, 0) is 39.0 Å². The first-order chi connectivity index (χ1) is 8.43. The van der Waals surface area contributed by atoms with Crippen LogP contribution in [0.3, 0.4) is 0 Å². The highest BCUT2D eigenvalue weighted by molar-refractivity contribution is 5.94. The molecule has 0 aliphatic heterocycles. The zero-order valence-electron chi connectivity index (χ0n) is 11.2. The summed E-state index contributed by atoms with van der Waals surface area (Å²) in [5.74, 6) is 0.520. The molecule has 1 N–H and O–H groups in total. The number of nitrogens with one attached hydrogen (secondary N) is 1. The van der Waals surface area contributed by atoms with Crippen LogP contribution in [-0.2, 0) is 11.2 Å². The van der Waals surface area contributed by atoms with Crippen molar-refractivity contribution >= 4 is 11.7 Å². The molecule has 0 heterocycles. The highest BCUT2D eigenvalue weighted by atomic mass is 16.5. The third-order valence-electron chi connectivity index (χ3n) is 2.49. The SMILES string of the molecule is COc1ccc(C(C)=O)cc1CC(=O)NC(C)C. The van der Waals surface area contributed by atoms with Gasteiger partial charge in [0.05, 0.1) is 13.5 Å². The predicted octanol–water partition coefficient (Wildman–Crippen LogP) is 1.96. The van der Waals surface area contributed by atoms with Crippen LogP contribution >= 0.6 is 0 Å². The minimum Gasteiger partial charge on any atom is -0.496 e. The van der Waals surface area contributed by atoms with E-state index >= 15 is 0 Å². The van der Waals surface area contributed by atoms with Gasteiger partial charge in [0, 0.05) is 17.2 Å². The summed E-state index contributed by atoms with van der Waals surface area (Å²) in [5.41, 5.74) is 1.31. The highest BCUT2D eigenvalue weighted by Gasteiger charge is 2.11. The van der Waals surface area contributed by atoms with Gasteiger partial charge in [-0.15, -0.1) is 0 Å². The van der Waals surface area contributed by atoms with Gasteiger partial charge in [-0.25, -0.2) is 0 Å². The molecule has 0 aromatic heterocycles. The molecule has 1 rings (SSSR count). The lowest BCUT2D eigenvalue weighted by Crippen LogP contribution is -2.31. The Labute approximate surface area is 107 Å². The van der Waals surface area contributed by atoms with E-state index in [0.29, 0.717) is 11.3 Å². The van der Waals surface area contributed by atoms with Crippen molar-refractivity contribution in [3.8, 4) is 5.75 Å². The lowest BCUT2D eigenvalue weighted by Gasteiger charge is -2.12. The zero-order chi connectivity index (χ0) is 13.7. The monoisotopic (exact) mass is 249 g/mol. The molecule has 0 atom stereocenters. The number of rotatable bonds is 5. The first-order valence-electron chi connectivity index (χ1n) is 5.91. The molecular formula is C14H19NO3. The van der Waals surface area contributed by atoms with Crippen LogP contribution in [0.2, 0.25) is 0 Å². The Hall–Kier alpha value is -1.84. The maximum absolute atomic E-state index is 11.7. The summed E-state index contributed by atoms with van der Waals surface area (Å²) >= 11 is 0. The molecule has 98 valence electrons. The van der Waals surface area contributed by atoms with E-state index < -0.39 is 0 Å². The number of carbonyl (C=O) groups is 2. The second-order valence-corrected chi connectivity index (χ2v) is 4.48. The van der Waals surface area contributed by atoms with Crippen molar-refractivity contribution in [3.63, 3.8) is 0 Å². The molecule has 0 aliphatic carbocycles. The molecule has 0 saturated heterocycles. The molecule has 1 amide bonds. The number of carbonyl (C=O) groups excluding carboxylic acids is 2. The fourth-order valence-electron chi connectivity index (χ4n) is 1.68. The molecule has 0 saturated carbocycles. The maximum atomic E-state index is 11.7. The summed E-state index contributed by atoms with van der Waals surface area (Å²) < 4.78 is 5.19. The van der Waals surface area contributed by atoms with Gasteiger partial charge in [0.2, 0.25) is 5.91 Å². The van der Waals surface area contributed by atoms with E-state index in [9.17, 15) is 9.59 Å². The Kier molecular flexibility index (Phi) is 4.89. The second kappa shape index (κ2) is 6.19. The Morgan fingerprint density at radius 1 is 1.33 bits per heavy atom. The van der Waals surface area contributed by atoms with Gasteiger partial charge in [0.25, 0.3) is 0 Å². The standard InChI is InChI=1S/C14H19NO3/c1-9(2)15-14(17)8-12-7-11(10(3)16)5-6-13(12)18-4/h5-7,9H,8H2,1-4H3,(H,15,17). The topological polar surface area (TPSA) is 55.4 Å². The van der Waals surface area contributed by atoms with Crippen LogP contribution in [-0.4, -0.2) is 24.8 Å². The minimum absolute atomic E-state index is 0.0248. The van der Waals surface area contributed by atoms with Crippen molar-refractivity contribution in [2.45, 2.75) is 33.2 Å². The largest absolute Gasteiger partial charge is 0.496 e. The fraction of sp³-hybridized carbons (Fsp3) is 0.429. The van der Waals surface area contributed by atoms with E-state index in [4.69, 9.17) is 4.74 Å². The molecule has 1 aromatic carbocycles. The van der Waals surface area contributed by atoms with E-state index in [1.807, 2.05) is 13.8 Å². The molecule has 1 aromatic rings. The number of hydrogen-bond donors (Lipinski definition) is 1. The summed E-state index contributed by atoms with van der Waals surface area (Å²) in [6.45, 7) is 5.31. The summed E-state index contributed by atoms with van der Waals surface area (Å²) in [5, 5.41) is 2.81.